The highest BCUT2D eigenvalue weighted by Gasteiger charge is 2.33. The molecule has 0 bridgehead atoms. The van der Waals surface area contributed by atoms with Crippen LogP contribution in [0.4, 0.5) is 0 Å². The van der Waals surface area contributed by atoms with E-state index in [1.54, 1.807) is 0 Å². The lowest BCUT2D eigenvalue weighted by Gasteiger charge is -2.29. The van der Waals surface area contributed by atoms with Crippen molar-refractivity contribution in [2.24, 2.45) is 0 Å². The summed E-state index contributed by atoms with van der Waals surface area (Å²) in [7, 11) is -1.86. The summed E-state index contributed by atoms with van der Waals surface area (Å²) in [5.74, 6) is 0.711. The van der Waals surface area contributed by atoms with Gasteiger partial charge in [0.25, 0.3) is 0 Å². The van der Waals surface area contributed by atoms with Crippen molar-refractivity contribution in [3.63, 3.8) is 0 Å². The van der Waals surface area contributed by atoms with Gasteiger partial charge in [-0.25, -0.2) is 0 Å². The fraction of sp³-hybridized carbons (Fsp3) is 0.176. The molecule has 0 heterocycles. The Morgan fingerprint density at radius 1 is 0.895 bits per heavy atom. The predicted octanol–water partition coefficient (Wildman–Crippen LogP) is 3.60. The molecule has 2 aromatic rings. The van der Waals surface area contributed by atoms with E-state index >= 15 is 0 Å². The van der Waals surface area contributed by atoms with Crippen molar-refractivity contribution in [1.82, 2.24) is 0 Å². The van der Waals surface area contributed by atoms with E-state index in [1.807, 2.05) is 0 Å². The molecule has 2 aromatic carbocycles. The highest BCUT2D eigenvalue weighted by molar-refractivity contribution is 7.05. The minimum atomic E-state index is -1.86. The fourth-order valence-corrected chi connectivity index (χ4v) is 6.86. The van der Waals surface area contributed by atoms with Crippen LogP contribution in [0.15, 0.2) is 72.9 Å². The lowest BCUT2D eigenvalue weighted by molar-refractivity contribution is 1.07. The predicted molar refractivity (Wildman–Crippen MR) is 88.2 cm³/mol. The molecule has 98 valence electrons. The number of alkyl halides is 1. The molecule has 2 heteroatoms. The fourth-order valence-electron chi connectivity index (χ4n) is 2.61. The average Bonchev–Trinajstić information content (AvgIpc) is 2.51. The highest BCUT2D eigenvalue weighted by Crippen LogP contribution is 2.15. The van der Waals surface area contributed by atoms with Gasteiger partial charge < -0.3 is 0 Å². The van der Waals surface area contributed by atoms with Crippen molar-refractivity contribution in [1.29, 1.82) is 0 Å². The Labute approximate surface area is 121 Å². The van der Waals surface area contributed by atoms with E-state index < -0.39 is 8.07 Å². The van der Waals surface area contributed by atoms with E-state index in [2.05, 4.69) is 72.9 Å². The normalized spacial score (nSPS) is 11.2. The number of halogens is 1. The molecule has 0 spiro atoms. The summed E-state index contributed by atoms with van der Waals surface area (Å²) in [4.78, 5) is 0. The van der Waals surface area contributed by atoms with Crippen LogP contribution in [0.25, 0.3) is 0 Å². The smallest absolute Gasteiger partial charge is 0.127 e. The van der Waals surface area contributed by atoms with Gasteiger partial charge in [-0.2, -0.15) is 0 Å². The molecule has 0 nitrogen and oxygen atoms in total. The molecule has 0 amide bonds. The SMILES string of the molecule is C=C[Si](CCCCl)(c1ccccc1)c1ccccc1. The third-order valence-electron chi connectivity index (χ3n) is 3.63. The standard InChI is InChI=1S/C17H19ClSi/c1-2-19(15-9-14-18,16-10-5-3-6-11-16)17-12-7-4-8-13-17/h2-8,10-13H,1,9,14-15H2. The first-order chi connectivity index (χ1) is 9.33. The lowest BCUT2D eigenvalue weighted by Crippen LogP contribution is -2.56. The molecule has 0 unspecified atom stereocenters. The van der Waals surface area contributed by atoms with Crippen molar-refractivity contribution in [2.45, 2.75) is 12.5 Å². The van der Waals surface area contributed by atoms with Gasteiger partial charge in [-0.1, -0.05) is 66.4 Å². The number of benzene rings is 2. The zero-order chi connectivity index (χ0) is 13.6. The monoisotopic (exact) mass is 286 g/mol. The summed E-state index contributed by atoms with van der Waals surface area (Å²) in [5.41, 5.74) is 2.20. The summed E-state index contributed by atoms with van der Waals surface area (Å²) in [6.07, 6.45) is 1.03. The molecule has 0 aromatic heterocycles. The van der Waals surface area contributed by atoms with E-state index in [1.165, 1.54) is 10.4 Å². The average molecular weight is 287 g/mol. The van der Waals surface area contributed by atoms with Crippen molar-refractivity contribution in [3.8, 4) is 0 Å². The summed E-state index contributed by atoms with van der Waals surface area (Å²) >= 11 is 5.93. The van der Waals surface area contributed by atoms with Crippen molar-refractivity contribution >= 4 is 30.0 Å². The van der Waals surface area contributed by atoms with Crippen LogP contribution in [0, 0.1) is 0 Å². The van der Waals surface area contributed by atoms with E-state index in [0.29, 0.717) is 5.88 Å². The topological polar surface area (TPSA) is 0 Å². The van der Waals surface area contributed by atoms with Crippen LogP contribution < -0.4 is 10.4 Å². The van der Waals surface area contributed by atoms with Crippen molar-refractivity contribution in [2.75, 3.05) is 5.88 Å². The minimum absolute atomic E-state index is 0.711. The first-order valence-corrected chi connectivity index (χ1v) is 9.46. The van der Waals surface area contributed by atoms with Gasteiger partial charge in [0.15, 0.2) is 0 Å². The van der Waals surface area contributed by atoms with Gasteiger partial charge in [-0.15, -0.1) is 18.2 Å². The quantitative estimate of drug-likeness (QED) is 0.562. The van der Waals surface area contributed by atoms with Gasteiger partial charge in [-0.05, 0) is 22.8 Å². The molecular weight excluding hydrogens is 268 g/mol. The molecule has 19 heavy (non-hydrogen) atoms. The maximum Gasteiger partial charge on any atom is 0.140 e. The Kier molecular flexibility index (Phi) is 5.00. The first-order valence-electron chi connectivity index (χ1n) is 6.64. The zero-order valence-corrected chi connectivity index (χ0v) is 12.8. The molecule has 2 rings (SSSR count). The van der Waals surface area contributed by atoms with Crippen LogP contribution in [0.3, 0.4) is 0 Å². The summed E-state index contributed by atoms with van der Waals surface area (Å²) in [5, 5.41) is 2.84. The van der Waals surface area contributed by atoms with Gasteiger partial charge in [0.2, 0.25) is 0 Å². The second kappa shape index (κ2) is 6.74. The Hall–Kier alpha value is -1.31. The molecule has 0 saturated heterocycles. The van der Waals surface area contributed by atoms with E-state index in [-0.39, 0.29) is 0 Å². The molecule has 0 N–H and O–H groups in total. The second-order valence-electron chi connectivity index (χ2n) is 4.70. The van der Waals surface area contributed by atoms with Gasteiger partial charge in [0, 0.05) is 5.88 Å². The third kappa shape index (κ3) is 2.99. The largest absolute Gasteiger partial charge is 0.140 e. The van der Waals surface area contributed by atoms with Gasteiger partial charge in [0.05, 0.1) is 0 Å². The number of hydrogen-bond acceptors (Lipinski definition) is 0. The molecule has 0 aliphatic rings. The van der Waals surface area contributed by atoms with E-state index in [4.69, 9.17) is 11.6 Å². The number of hydrogen-bond donors (Lipinski definition) is 0. The number of rotatable bonds is 6. The molecule has 0 saturated carbocycles. The second-order valence-corrected chi connectivity index (χ2v) is 9.08. The molecule has 0 aliphatic carbocycles. The molecule has 0 radical (unpaired) electrons. The summed E-state index contributed by atoms with van der Waals surface area (Å²) in [6, 6.07) is 22.6. The Bertz CT molecular complexity index is 468. The first kappa shape index (κ1) is 14.1. The molecule has 0 aliphatic heterocycles. The van der Waals surface area contributed by atoms with E-state index in [0.717, 1.165) is 12.5 Å². The van der Waals surface area contributed by atoms with Crippen LogP contribution >= 0.6 is 11.6 Å². The molecule has 0 fully saturated rings. The Balaban J connectivity index is 2.51. The van der Waals surface area contributed by atoms with Crippen molar-refractivity contribution in [3.05, 3.63) is 72.9 Å². The van der Waals surface area contributed by atoms with Crippen LogP contribution in [0.1, 0.15) is 6.42 Å². The van der Waals surface area contributed by atoms with Crippen LogP contribution in [0.2, 0.25) is 6.04 Å². The molecule has 0 atom stereocenters. The van der Waals surface area contributed by atoms with Crippen LogP contribution in [0.5, 0.6) is 0 Å². The summed E-state index contributed by atoms with van der Waals surface area (Å²) in [6.45, 7) is 4.16. The Morgan fingerprint density at radius 2 is 1.37 bits per heavy atom. The van der Waals surface area contributed by atoms with E-state index in [9.17, 15) is 0 Å². The Morgan fingerprint density at radius 3 is 1.74 bits per heavy atom. The van der Waals surface area contributed by atoms with Gasteiger partial charge in [0.1, 0.15) is 8.07 Å². The third-order valence-corrected chi connectivity index (χ3v) is 8.46. The highest BCUT2D eigenvalue weighted by atomic mass is 35.5. The lowest BCUT2D eigenvalue weighted by atomic mass is 10.4. The van der Waals surface area contributed by atoms with Crippen molar-refractivity contribution < 1.29 is 0 Å². The van der Waals surface area contributed by atoms with Crippen LogP contribution in [-0.4, -0.2) is 14.0 Å². The minimum Gasteiger partial charge on any atom is -0.127 e. The van der Waals surface area contributed by atoms with Gasteiger partial charge >= 0.3 is 0 Å². The van der Waals surface area contributed by atoms with Gasteiger partial charge in [-0.3, -0.25) is 0 Å². The van der Waals surface area contributed by atoms with Crippen LogP contribution in [-0.2, 0) is 0 Å². The molecular formula is C17H19ClSi. The maximum atomic E-state index is 5.93. The maximum absolute atomic E-state index is 5.93. The zero-order valence-electron chi connectivity index (χ0n) is 11.1. The summed E-state index contributed by atoms with van der Waals surface area (Å²) < 4.78 is 0.